The lowest BCUT2D eigenvalue weighted by Crippen LogP contribution is -2.14. The van der Waals surface area contributed by atoms with Crippen molar-refractivity contribution in [1.82, 2.24) is 0 Å². The van der Waals surface area contributed by atoms with Crippen LogP contribution in [0.3, 0.4) is 0 Å². The van der Waals surface area contributed by atoms with E-state index in [-0.39, 0.29) is 11.8 Å². The molecule has 3 rings (SSSR count). The summed E-state index contributed by atoms with van der Waals surface area (Å²) >= 11 is 3.49. The lowest BCUT2D eigenvalue weighted by Gasteiger charge is -2.11. The summed E-state index contributed by atoms with van der Waals surface area (Å²) in [5.41, 5.74) is 3.08. The Labute approximate surface area is 197 Å². The smallest absolute Gasteiger partial charge is 0.255 e. The van der Waals surface area contributed by atoms with Crippen molar-refractivity contribution in [3.05, 3.63) is 88.4 Å². The van der Waals surface area contributed by atoms with Crippen LogP contribution in [0.15, 0.2) is 77.3 Å². The predicted octanol–water partition coefficient (Wildman–Crippen LogP) is 6.31. The maximum absolute atomic E-state index is 12.6. The van der Waals surface area contributed by atoms with Gasteiger partial charge in [0.25, 0.3) is 5.91 Å². The summed E-state index contributed by atoms with van der Waals surface area (Å²) in [6.45, 7) is 4.55. The molecule has 3 aromatic rings. The molecule has 0 unspecified atom stereocenters. The molecule has 166 valence electrons. The van der Waals surface area contributed by atoms with Crippen LogP contribution in [-0.4, -0.2) is 18.4 Å². The number of carbonyl (C=O) groups excluding carboxylic acids is 2. The number of carbonyl (C=O) groups is 2. The van der Waals surface area contributed by atoms with Crippen LogP contribution in [0.25, 0.3) is 0 Å². The molecule has 0 saturated carbocycles. The van der Waals surface area contributed by atoms with E-state index in [1.54, 1.807) is 42.5 Å². The number of hydrogen-bond donors (Lipinski definition) is 2. The zero-order valence-electron chi connectivity index (χ0n) is 18.2. The zero-order valence-corrected chi connectivity index (χ0v) is 19.8. The summed E-state index contributed by atoms with van der Waals surface area (Å²) in [7, 11) is 0. The summed E-state index contributed by atoms with van der Waals surface area (Å²) in [5, 5.41) is 5.72. The van der Waals surface area contributed by atoms with E-state index < -0.39 is 0 Å². The minimum absolute atomic E-state index is 0.0206. The van der Waals surface area contributed by atoms with E-state index in [0.29, 0.717) is 41.6 Å². The predicted molar refractivity (Wildman–Crippen MR) is 132 cm³/mol. The lowest BCUT2D eigenvalue weighted by atomic mass is 10.1. The molecule has 0 aliphatic carbocycles. The summed E-state index contributed by atoms with van der Waals surface area (Å²) in [6.07, 6.45) is 1.28. The summed E-state index contributed by atoms with van der Waals surface area (Å²) < 4.78 is 6.57. The maximum Gasteiger partial charge on any atom is 0.255 e. The minimum Gasteiger partial charge on any atom is -0.492 e. The molecular weight excluding hydrogens is 468 g/mol. The van der Waals surface area contributed by atoms with Gasteiger partial charge in [0, 0.05) is 29.8 Å². The van der Waals surface area contributed by atoms with E-state index in [0.717, 1.165) is 10.9 Å². The minimum atomic E-state index is -0.224. The van der Waals surface area contributed by atoms with Gasteiger partial charge in [0.05, 0.1) is 11.1 Å². The highest BCUT2D eigenvalue weighted by atomic mass is 79.9. The fourth-order valence-corrected chi connectivity index (χ4v) is 3.60. The molecule has 0 aliphatic heterocycles. The highest BCUT2D eigenvalue weighted by molar-refractivity contribution is 9.10. The van der Waals surface area contributed by atoms with Gasteiger partial charge in [-0.25, -0.2) is 0 Å². The van der Waals surface area contributed by atoms with Gasteiger partial charge < -0.3 is 15.4 Å². The number of anilines is 2. The number of hydrogen-bond acceptors (Lipinski definition) is 3. The number of benzene rings is 3. The molecule has 0 aliphatic rings. The first-order valence-corrected chi connectivity index (χ1v) is 11.4. The molecule has 0 spiro atoms. The van der Waals surface area contributed by atoms with E-state index in [1.165, 1.54) is 5.56 Å². The van der Waals surface area contributed by atoms with Crippen molar-refractivity contribution >= 4 is 39.1 Å². The largest absolute Gasteiger partial charge is 0.492 e. The molecule has 0 bridgehead atoms. The van der Waals surface area contributed by atoms with Gasteiger partial charge in [0.15, 0.2) is 0 Å². The van der Waals surface area contributed by atoms with Crippen molar-refractivity contribution in [1.29, 1.82) is 0 Å². The van der Waals surface area contributed by atoms with Crippen LogP contribution in [0.2, 0.25) is 0 Å². The first kappa shape index (κ1) is 23.5. The van der Waals surface area contributed by atoms with Gasteiger partial charge in [-0.2, -0.15) is 0 Å². The topological polar surface area (TPSA) is 67.4 Å². The number of halogens is 1. The maximum atomic E-state index is 12.6. The molecule has 0 aromatic heterocycles. The molecule has 32 heavy (non-hydrogen) atoms. The van der Waals surface area contributed by atoms with Crippen molar-refractivity contribution in [2.75, 3.05) is 17.2 Å². The molecule has 0 fully saturated rings. The van der Waals surface area contributed by atoms with Gasteiger partial charge in [0.2, 0.25) is 5.91 Å². The third-order valence-corrected chi connectivity index (χ3v) is 5.33. The van der Waals surface area contributed by atoms with Crippen LogP contribution >= 0.6 is 15.9 Å². The second-order valence-electron chi connectivity index (χ2n) is 7.91. The van der Waals surface area contributed by atoms with E-state index in [2.05, 4.69) is 38.7 Å². The van der Waals surface area contributed by atoms with Crippen molar-refractivity contribution in [2.24, 2.45) is 5.92 Å². The molecule has 2 amide bonds. The van der Waals surface area contributed by atoms with E-state index in [9.17, 15) is 9.59 Å². The number of ether oxygens (including phenoxy) is 1. The molecular formula is C26H27BrN2O3. The van der Waals surface area contributed by atoms with Crippen molar-refractivity contribution in [3.8, 4) is 5.75 Å². The standard InChI is InChI=1S/C26H27BrN2O3/c1-18(2)16-25(30)28-21-9-11-22(12-10-21)29-26(31)20-8-13-24(23(27)17-20)32-15-14-19-6-4-3-5-7-19/h3-13,17-18H,14-16H2,1-2H3,(H,28,30)(H,29,31). The number of rotatable bonds is 9. The first-order chi connectivity index (χ1) is 15.4. The van der Waals surface area contributed by atoms with E-state index in [1.807, 2.05) is 32.0 Å². The Bertz CT molecular complexity index is 1050. The molecule has 0 saturated heterocycles. The summed E-state index contributed by atoms with van der Waals surface area (Å²) in [4.78, 5) is 24.5. The Balaban J connectivity index is 1.53. The molecule has 3 aromatic carbocycles. The van der Waals surface area contributed by atoms with E-state index >= 15 is 0 Å². The lowest BCUT2D eigenvalue weighted by molar-refractivity contribution is -0.116. The van der Waals surface area contributed by atoms with Crippen LogP contribution in [-0.2, 0) is 11.2 Å². The van der Waals surface area contributed by atoms with Gasteiger partial charge in [-0.05, 0) is 69.9 Å². The molecule has 6 heteroatoms. The van der Waals surface area contributed by atoms with Crippen LogP contribution in [0.5, 0.6) is 5.75 Å². The zero-order chi connectivity index (χ0) is 22.9. The molecule has 5 nitrogen and oxygen atoms in total. The van der Waals surface area contributed by atoms with Gasteiger partial charge >= 0.3 is 0 Å². The molecule has 2 N–H and O–H groups in total. The van der Waals surface area contributed by atoms with Gasteiger partial charge in [-0.15, -0.1) is 0 Å². The Morgan fingerprint density at radius 2 is 1.56 bits per heavy atom. The second-order valence-corrected chi connectivity index (χ2v) is 8.76. The van der Waals surface area contributed by atoms with Gasteiger partial charge in [-0.3, -0.25) is 9.59 Å². The Hall–Kier alpha value is -3.12. The van der Waals surface area contributed by atoms with E-state index in [4.69, 9.17) is 4.74 Å². The quantitative estimate of drug-likeness (QED) is 0.366. The fourth-order valence-electron chi connectivity index (χ4n) is 3.11. The van der Waals surface area contributed by atoms with Crippen molar-refractivity contribution < 1.29 is 14.3 Å². The van der Waals surface area contributed by atoms with Gasteiger partial charge in [0.1, 0.15) is 5.75 Å². The average Bonchev–Trinajstić information content (AvgIpc) is 2.76. The molecule has 0 atom stereocenters. The SMILES string of the molecule is CC(C)CC(=O)Nc1ccc(NC(=O)c2ccc(OCCc3ccccc3)c(Br)c2)cc1. The monoisotopic (exact) mass is 494 g/mol. The van der Waals surface area contributed by atoms with Crippen LogP contribution in [0.1, 0.15) is 36.2 Å². The van der Waals surface area contributed by atoms with Crippen LogP contribution in [0.4, 0.5) is 11.4 Å². The van der Waals surface area contributed by atoms with Crippen LogP contribution in [0, 0.1) is 5.92 Å². The second kappa shape index (κ2) is 11.5. The normalized spacial score (nSPS) is 10.6. The Morgan fingerprint density at radius 3 is 2.19 bits per heavy atom. The summed E-state index contributed by atoms with van der Waals surface area (Å²) in [5.74, 6) is 0.748. The highest BCUT2D eigenvalue weighted by Crippen LogP contribution is 2.27. The van der Waals surface area contributed by atoms with Crippen LogP contribution < -0.4 is 15.4 Å². The Morgan fingerprint density at radius 1 is 0.906 bits per heavy atom. The van der Waals surface area contributed by atoms with Crippen molar-refractivity contribution in [3.63, 3.8) is 0 Å². The average molecular weight is 495 g/mol. The van der Waals surface area contributed by atoms with Gasteiger partial charge in [-0.1, -0.05) is 44.2 Å². The number of nitrogens with one attached hydrogen (secondary N) is 2. The molecule has 0 heterocycles. The highest BCUT2D eigenvalue weighted by Gasteiger charge is 2.11. The third-order valence-electron chi connectivity index (χ3n) is 4.71. The first-order valence-electron chi connectivity index (χ1n) is 10.6. The van der Waals surface area contributed by atoms with Crippen molar-refractivity contribution in [2.45, 2.75) is 26.7 Å². The summed E-state index contributed by atoms with van der Waals surface area (Å²) in [6, 6.07) is 22.5. The fraction of sp³-hybridized carbons (Fsp3) is 0.231. The Kier molecular flexibility index (Phi) is 8.45. The number of amides is 2. The molecule has 0 radical (unpaired) electrons. The third kappa shape index (κ3) is 7.24.